The Morgan fingerprint density at radius 3 is 2.63 bits per heavy atom. The van der Waals surface area contributed by atoms with E-state index in [0.29, 0.717) is 29.1 Å². The summed E-state index contributed by atoms with van der Waals surface area (Å²) < 4.78 is 13.4. The van der Waals surface area contributed by atoms with Gasteiger partial charge in [0.15, 0.2) is 10.8 Å². The molecule has 1 fully saturated rings. The van der Waals surface area contributed by atoms with Crippen LogP contribution in [-0.2, 0) is 5.41 Å². The molecule has 6 rings (SSSR count). The lowest BCUT2D eigenvalue weighted by molar-refractivity contribution is 0.244. The van der Waals surface area contributed by atoms with Crippen LogP contribution in [0.25, 0.3) is 26.6 Å². The summed E-state index contributed by atoms with van der Waals surface area (Å²) in [6, 6.07) is 12.9. The van der Waals surface area contributed by atoms with Crippen molar-refractivity contribution in [3.63, 3.8) is 0 Å². The lowest BCUT2D eigenvalue weighted by atomic mass is 9.93. The van der Waals surface area contributed by atoms with Crippen molar-refractivity contribution in [2.75, 3.05) is 17.2 Å². The normalized spacial score (nSPS) is 14.4. The van der Waals surface area contributed by atoms with Gasteiger partial charge in [-0.05, 0) is 37.0 Å². The molecule has 1 aliphatic carbocycles. The number of carbonyl (C=O) groups is 1. The van der Waals surface area contributed by atoms with E-state index in [2.05, 4.69) is 20.2 Å². The number of imidazole rings is 1. The molecule has 9 nitrogen and oxygen atoms in total. The molecule has 0 spiro atoms. The Morgan fingerprint density at radius 1 is 1.11 bits per heavy atom. The number of anilines is 2. The van der Waals surface area contributed by atoms with E-state index in [1.807, 2.05) is 63.4 Å². The van der Waals surface area contributed by atoms with Crippen molar-refractivity contribution in [3.8, 4) is 17.1 Å². The molecule has 4 heterocycles. The highest BCUT2D eigenvalue weighted by atomic mass is 32.1. The summed E-state index contributed by atoms with van der Waals surface area (Å²) >= 11 is 1.55. The van der Waals surface area contributed by atoms with Crippen molar-refractivity contribution in [2.24, 2.45) is 5.92 Å². The fourth-order valence-electron chi connectivity index (χ4n) is 4.66. The summed E-state index contributed by atoms with van der Waals surface area (Å²) in [4.78, 5) is 23.7. The third-order valence-electron chi connectivity index (χ3n) is 6.81. The van der Waals surface area contributed by atoms with Gasteiger partial charge in [-0.2, -0.15) is 0 Å². The number of amides is 2. The largest absolute Gasteiger partial charge is 0.477 e. The van der Waals surface area contributed by atoms with Crippen LogP contribution in [-0.4, -0.2) is 32.2 Å². The summed E-state index contributed by atoms with van der Waals surface area (Å²) in [5.41, 5.74) is 3.29. The smallest absolute Gasteiger partial charge is 0.324 e. The molecule has 1 saturated carbocycles. The Hall–Kier alpha value is -3.92. The lowest BCUT2D eigenvalue weighted by Gasteiger charge is -2.12. The number of pyridine rings is 1. The maximum Gasteiger partial charge on any atom is 0.324 e. The highest BCUT2D eigenvalue weighted by Gasteiger charge is 2.20. The quantitative estimate of drug-likeness (QED) is 0.242. The van der Waals surface area contributed by atoms with Gasteiger partial charge in [0, 0.05) is 35.0 Å². The van der Waals surface area contributed by atoms with Crippen LogP contribution in [0.3, 0.4) is 0 Å². The Kier molecular flexibility index (Phi) is 6.27. The van der Waals surface area contributed by atoms with Crippen molar-refractivity contribution in [3.05, 3.63) is 54.4 Å². The van der Waals surface area contributed by atoms with Crippen LogP contribution in [0.1, 0.15) is 52.2 Å². The Labute approximate surface area is 224 Å². The number of nitrogens with one attached hydrogen (secondary N) is 2. The van der Waals surface area contributed by atoms with Gasteiger partial charge in [0.1, 0.15) is 10.6 Å². The third-order valence-corrected chi connectivity index (χ3v) is 7.77. The maximum atomic E-state index is 12.4. The number of rotatable bonds is 6. The topological polar surface area (TPSA) is 107 Å². The van der Waals surface area contributed by atoms with Gasteiger partial charge in [-0.25, -0.2) is 14.8 Å². The van der Waals surface area contributed by atoms with Gasteiger partial charge in [0.25, 0.3) is 0 Å². The molecule has 0 aliphatic heterocycles. The molecule has 196 valence electrons. The zero-order valence-corrected chi connectivity index (χ0v) is 22.5. The van der Waals surface area contributed by atoms with Crippen molar-refractivity contribution in [1.29, 1.82) is 0 Å². The number of nitrogens with zero attached hydrogens (tertiary/aromatic N) is 4. The van der Waals surface area contributed by atoms with Gasteiger partial charge in [-0.15, -0.1) is 0 Å². The highest BCUT2D eigenvalue weighted by Crippen LogP contribution is 2.31. The van der Waals surface area contributed by atoms with Crippen LogP contribution in [0.2, 0.25) is 0 Å². The van der Waals surface area contributed by atoms with Gasteiger partial charge >= 0.3 is 6.03 Å². The summed E-state index contributed by atoms with van der Waals surface area (Å²) in [7, 11) is 0. The first kappa shape index (κ1) is 24.4. The molecular weight excluding hydrogens is 500 g/mol. The monoisotopic (exact) mass is 530 g/mol. The van der Waals surface area contributed by atoms with E-state index >= 15 is 0 Å². The van der Waals surface area contributed by atoms with Gasteiger partial charge in [-0.1, -0.05) is 62.2 Å². The Bertz CT molecular complexity index is 1590. The molecule has 0 bridgehead atoms. The minimum atomic E-state index is -0.389. The number of hydrogen-bond donors (Lipinski definition) is 2. The first-order valence-corrected chi connectivity index (χ1v) is 13.7. The van der Waals surface area contributed by atoms with Gasteiger partial charge in [0.2, 0.25) is 5.88 Å². The molecule has 2 amide bonds. The molecular formula is C28H30N6O3S. The molecule has 0 atom stereocenters. The first-order chi connectivity index (χ1) is 18.3. The van der Waals surface area contributed by atoms with E-state index in [4.69, 9.17) is 19.2 Å². The molecule has 1 aliphatic rings. The Morgan fingerprint density at radius 2 is 1.89 bits per heavy atom. The van der Waals surface area contributed by atoms with Crippen LogP contribution in [0.4, 0.5) is 16.3 Å². The number of aromatic nitrogens is 4. The number of carbonyl (C=O) groups excluding carboxylic acids is 1. The summed E-state index contributed by atoms with van der Waals surface area (Å²) in [5, 5.41) is 9.44. The molecule has 10 heteroatoms. The number of thiazole rings is 1. The van der Waals surface area contributed by atoms with Crippen LogP contribution in [0.5, 0.6) is 5.88 Å². The van der Waals surface area contributed by atoms with Crippen molar-refractivity contribution in [2.45, 2.75) is 51.9 Å². The van der Waals surface area contributed by atoms with Gasteiger partial charge in [0.05, 0.1) is 17.8 Å². The minimum absolute atomic E-state index is 0.185. The second-order valence-corrected chi connectivity index (χ2v) is 11.8. The average molecular weight is 531 g/mol. The predicted octanol–water partition coefficient (Wildman–Crippen LogP) is 7.11. The van der Waals surface area contributed by atoms with Crippen molar-refractivity contribution >= 4 is 44.2 Å². The molecule has 0 unspecified atom stereocenters. The number of urea groups is 1. The third kappa shape index (κ3) is 5.08. The fourth-order valence-corrected chi connectivity index (χ4v) is 5.63. The van der Waals surface area contributed by atoms with Crippen molar-refractivity contribution in [1.82, 2.24) is 19.5 Å². The lowest BCUT2D eigenvalue weighted by Crippen LogP contribution is -2.19. The second kappa shape index (κ2) is 9.75. The molecule has 2 N–H and O–H groups in total. The summed E-state index contributed by atoms with van der Waals surface area (Å²) in [6.07, 6.45) is 7.14. The van der Waals surface area contributed by atoms with E-state index in [0.717, 1.165) is 33.2 Å². The molecule has 0 saturated heterocycles. The van der Waals surface area contributed by atoms with E-state index in [-0.39, 0.29) is 11.4 Å². The molecule has 5 aromatic rings. The maximum absolute atomic E-state index is 12.4. The number of fused-ring (bicyclic) bond motifs is 3. The van der Waals surface area contributed by atoms with E-state index < -0.39 is 0 Å². The fraction of sp³-hybridized carbons (Fsp3) is 0.357. The van der Waals surface area contributed by atoms with E-state index in [9.17, 15) is 4.79 Å². The van der Waals surface area contributed by atoms with Crippen LogP contribution >= 0.6 is 11.3 Å². The van der Waals surface area contributed by atoms with Gasteiger partial charge in [-0.3, -0.25) is 9.72 Å². The zero-order chi connectivity index (χ0) is 26.3. The zero-order valence-electron chi connectivity index (χ0n) is 21.7. The van der Waals surface area contributed by atoms with Crippen LogP contribution in [0.15, 0.2) is 53.2 Å². The number of ether oxygens (including phenoxy) is 1. The average Bonchev–Trinajstić information content (AvgIpc) is 3.67. The van der Waals surface area contributed by atoms with E-state index in [1.165, 1.54) is 25.7 Å². The van der Waals surface area contributed by atoms with Crippen LogP contribution in [0, 0.1) is 5.92 Å². The molecule has 1 aromatic carbocycles. The second-order valence-electron chi connectivity index (χ2n) is 10.8. The molecule has 38 heavy (non-hydrogen) atoms. The van der Waals surface area contributed by atoms with E-state index in [1.54, 1.807) is 17.4 Å². The number of benzene rings is 1. The van der Waals surface area contributed by atoms with Crippen molar-refractivity contribution < 1.29 is 14.1 Å². The standard InChI is InChI=1S/C28H30N6O3S/c1-28(2,3)22-14-23(33-37-22)31-26(35)29-19-10-8-18(9-11-19)20-15-34-21-12-13-24(32-25(21)38-27(34)30-20)36-16-17-6-4-5-7-17/h8-15,17H,4-7,16H2,1-3H3,(H2,29,31,33,35). The number of hydrogen-bond acceptors (Lipinski definition) is 7. The Balaban J connectivity index is 1.11. The highest BCUT2D eigenvalue weighted by molar-refractivity contribution is 7.23. The summed E-state index contributed by atoms with van der Waals surface area (Å²) in [6.45, 7) is 6.80. The SMILES string of the molecule is CC(C)(C)c1cc(NC(=O)Nc2ccc(-c3cn4c(n3)sc3nc(OCC5CCCC5)ccc34)cc2)no1. The molecule has 0 radical (unpaired) electrons. The molecule has 4 aromatic heterocycles. The first-order valence-electron chi connectivity index (χ1n) is 12.9. The van der Waals surface area contributed by atoms with Gasteiger partial charge < -0.3 is 14.6 Å². The predicted molar refractivity (Wildman–Crippen MR) is 149 cm³/mol. The minimum Gasteiger partial charge on any atom is -0.477 e. The van der Waals surface area contributed by atoms with Crippen LogP contribution < -0.4 is 15.4 Å². The summed E-state index contributed by atoms with van der Waals surface area (Å²) in [5.74, 6) is 2.41.